The van der Waals surface area contributed by atoms with Gasteiger partial charge in [-0.05, 0) is 12.8 Å². The topological polar surface area (TPSA) is 49.7 Å². The number of rotatable bonds is 8. The van der Waals surface area contributed by atoms with E-state index in [0.717, 1.165) is 18.2 Å². The Balaban J connectivity index is 3.39. The summed E-state index contributed by atoms with van der Waals surface area (Å²) in [5.74, 6) is 0. The van der Waals surface area contributed by atoms with Gasteiger partial charge in [0.2, 0.25) is 0 Å². The van der Waals surface area contributed by atoms with Gasteiger partial charge in [0.25, 0.3) is 0 Å². The SMILES string of the molecule is CC(CO)(CO)COCCCCBr. The number of hydrogen-bond acceptors (Lipinski definition) is 3. The molecule has 0 saturated heterocycles. The monoisotopic (exact) mass is 254 g/mol. The molecule has 80 valence electrons. The molecule has 0 rings (SSSR count). The molecule has 0 atom stereocenters. The molecule has 0 amide bonds. The van der Waals surface area contributed by atoms with Crippen molar-refractivity contribution in [3.63, 3.8) is 0 Å². The zero-order valence-electron chi connectivity index (χ0n) is 8.13. The van der Waals surface area contributed by atoms with Crippen LogP contribution in [-0.2, 0) is 4.74 Å². The lowest BCUT2D eigenvalue weighted by Crippen LogP contribution is -2.31. The number of aliphatic hydroxyl groups excluding tert-OH is 2. The summed E-state index contributed by atoms with van der Waals surface area (Å²) in [7, 11) is 0. The summed E-state index contributed by atoms with van der Waals surface area (Å²) in [6, 6.07) is 0. The molecule has 0 aromatic carbocycles. The number of hydrogen-bond donors (Lipinski definition) is 2. The molecule has 2 N–H and O–H groups in total. The molecule has 0 aliphatic rings. The van der Waals surface area contributed by atoms with E-state index in [9.17, 15) is 0 Å². The molecule has 0 aromatic heterocycles. The Morgan fingerprint density at radius 3 is 2.31 bits per heavy atom. The van der Waals surface area contributed by atoms with Crippen LogP contribution in [0, 0.1) is 5.41 Å². The van der Waals surface area contributed by atoms with Gasteiger partial charge in [0, 0.05) is 17.4 Å². The van der Waals surface area contributed by atoms with Crippen LogP contribution in [-0.4, -0.2) is 42.0 Å². The first kappa shape index (κ1) is 13.4. The molecule has 0 aliphatic carbocycles. The lowest BCUT2D eigenvalue weighted by Gasteiger charge is -2.23. The fourth-order valence-electron chi connectivity index (χ4n) is 0.758. The van der Waals surface area contributed by atoms with Crippen molar-refractivity contribution in [2.45, 2.75) is 19.8 Å². The highest BCUT2D eigenvalue weighted by Gasteiger charge is 2.22. The second-order valence-electron chi connectivity index (χ2n) is 3.58. The van der Waals surface area contributed by atoms with Crippen LogP contribution >= 0.6 is 15.9 Å². The van der Waals surface area contributed by atoms with Crippen LogP contribution < -0.4 is 0 Å². The van der Waals surface area contributed by atoms with Gasteiger partial charge in [0.05, 0.1) is 19.8 Å². The van der Waals surface area contributed by atoms with Crippen molar-refractivity contribution in [2.75, 3.05) is 31.8 Å². The Morgan fingerprint density at radius 1 is 1.23 bits per heavy atom. The van der Waals surface area contributed by atoms with E-state index in [4.69, 9.17) is 14.9 Å². The maximum absolute atomic E-state index is 8.94. The van der Waals surface area contributed by atoms with Gasteiger partial charge in [-0.3, -0.25) is 0 Å². The van der Waals surface area contributed by atoms with E-state index in [0.29, 0.717) is 13.2 Å². The lowest BCUT2D eigenvalue weighted by molar-refractivity contribution is -0.0166. The highest BCUT2D eigenvalue weighted by Crippen LogP contribution is 2.14. The zero-order chi connectivity index (χ0) is 10.2. The van der Waals surface area contributed by atoms with Crippen LogP contribution in [0.2, 0.25) is 0 Å². The molecule has 3 nitrogen and oxygen atoms in total. The van der Waals surface area contributed by atoms with Crippen molar-refractivity contribution < 1.29 is 14.9 Å². The minimum absolute atomic E-state index is 0.0397. The van der Waals surface area contributed by atoms with Crippen LogP contribution in [0.25, 0.3) is 0 Å². The molecule has 13 heavy (non-hydrogen) atoms. The molecule has 0 saturated carbocycles. The zero-order valence-corrected chi connectivity index (χ0v) is 9.72. The summed E-state index contributed by atoms with van der Waals surface area (Å²) in [6.45, 7) is 2.84. The lowest BCUT2D eigenvalue weighted by atomic mass is 9.95. The van der Waals surface area contributed by atoms with E-state index in [1.807, 2.05) is 0 Å². The number of aliphatic hydroxyl groups is 2. The Hall–Kier alpha value is 0.360. The quantitative estimate of drug-likeness (QED) is 0.505. The van der Waals surface area contributed by atoms with Gasteiger partial charge < -0.3 is 14.9 Å². The van der Waals surface area contributed by atoms with Crippen molar-refractivity contribution in [1.82, 2.24) is 0 Å². The molecular weight excluding hydrogens is 236 g/mol. The van der Waals surface area contributed by atoms with Crippen molar-refractivity contribution in [3.05, 3.63) is 0 Å². The normalized spacial score (nSPS) is 12.0. The Bertz CT molecular complexity index is 115. The molecule has 0 aromatic rings. The largest absolute Gasteiger partial charge is 0.396 e. The van der Waals surface area contributed by atoms with E-state index in [2.05, 4.69) is 15.9 Å². The van der Waals surface area contributed by atoms with Gasteiger partial charge in [-0.1, -0.05) is 22.9 Å². The predicted molar refractivity (Wildman–Crippen MR) is 56.1 cm³/mol. The molecule has 4 heteroatoms. The summed E-state index contributed by atoms with van der Waals surface area (Å²) < 4.78 is 5.34. The smallest absolute Gasteiger partial charge is 0.0563 e. The number of halogens is 1. The molecular formula is C9H19BrO3. The Morgan fingerprint density at radius 2 is 1.85 bits per heavy atom. The highest BCUT2D eigenvalue weighted by atomic mass is 79.9. The van der Waals surface area contributed by atoms with Crippen LogP contribution in [0.1, 0.15) is 19.8 Å². The van der Waals surface area contributed by atoms with Gasteiger partial charge in [-0.15, -0.1) is 0 Å². The third kappa shape index (κ3) is 6.43. The summed E-state index contributed by atoms with van der Waals surface area (Å²) in [5.41, 5.74) is -0.492. The molecule has 0 bridgehead atoms. The first-order chi connectivity index (χ1) is 6.18. The molecule has 0 unspecified atom stereocenters. The van der Waals surface area contributed by atoms with Crippen molar-refractivity contribution in [3.8, 4) is 0 Å². The number of alkyl halides is 1. The first-order valence-corrected chi connectivity index (χ1v) is 5.66. The minimum Gasteiger partial charge on any atom is -0.396 e. The summed E-state index contributed by atoms with van der Waals surface area (Å²) in [6.07, 6.45) is 2.10. The third-order valence-corrected chi connectivity index (χ3v) is 2.45. The van der Waals surface area contributed by atoms with Gasteiger partial charge in [-0.2, -0.15) is 0 Å². The van der Waals surface area contributed by atoms with Gasteiger partial charge >= 0.3 is 0 Å². The van der Waals surface area contributed by atoms with Crippen LogP contribution in [0.15, 0.2) is 0 Å². The molecule has 0 heterocycles. The fourth-order valence-corrected chi connectivity index (χ4v) is 1.15. The summed E-state index contributed by atoms with van der Waals surface area (Å²) >= 11 is 3.33. The molecule has 0 fully saturated rings. The molecule has 0 aliphatic heterocycles. The van der Waals surface area contributed by atoms with Crippen molar-refractivity contribution in [1.29, 1.82) is 0 Å². The van der Waals surface area contributed by atoms with E-state index >= 15 is 0 Å². The standard InChI is InChI=1S/C9H19BrO3/c1-9(6-11,7-12)8-13-5-3-2-4-10/h11-12H,2-8H2,1H3. The Labute approximate surface area is 88.2 Å². The molecule has 0 spiro atoms. The fraction of sp³-hybridized carbons (Fsp3) is 1.00. The minimum atomic E-state index is -0.492. The maximum atomic E-state index is 8.94. The van der Waals surface area contributed by atoms with Crippen molar-refractivity contribution in [2.24, 2.45) is 5.41 Å². The second-order valence-corrected chi connectivity index (χ2v) is 4.37. The maximum Gasteiger partial charge on any atom is 0.0563 e. The average Bonchev–Trinajstić information content (AvgIpc) is 2.17. The summed E-state index contributed by atoms with van der Waals surface area (Å²) in [4.78, 5) is 0. The van der Waals surface area contributed by atoms with Crippen LogP contribution in [0.5, 0.6) is 0 Å². The van der Waals surface area contributed by atoms with Crippen LogP contribution in [0.4, 0.5) is 0 Å². The van der Waals surface area contributed by atoms with Gasteiger partial charge in [-0.25, -0.2) is 0 Å². The van der Waals surface area contributed by atoms with E-state index in [1.165, 1.54) is 0 Å². The summed E-state index contributed by atoms with van der Waals surface area (Å²) in [5, 5.41) is 18.9. The second kappa shape index (κ2) is 7.74. The Kier molecular flexibility index (Phi) is 7.95. The van der Waals surface area contributed by atoms with E-state index in [1.54, 1.807) is 6.92 Å². The third-order valence-electron chi connectivity index (χ3n) is 1.89. The van der Waals surface area contributed by atoms with Crippen molar-refractivity contribution >= 4 is 15.9 Å². The molecule has 0 radical (unpaired) electrons. The highest BCUT2D eigenvalue weighted by molar-refractivity contribution is 9.09. The number of unbranched alkanes of at least 4 members (excludes halogenated alkanes) is 1. The first-order valence-electron chi connectivity index (χ1n) is 4.54. The number of ether oxygens (including phenoxy) is 1. The average molecular weight is 255 g/mol. The van der Waals surface area contributed by atoms with Gasteiger partial charge in [0.15, 0.2) is 0 Å². The van der Waals surface area contributed by atoms with Crippen LogP contribution in [0.3, 0.4) is 0 Å². The predicted octanol–water partition coefficient (Wildman–Crippen LogP) is 1.17. The van der Waals surface area contributed by atoms with E-state index in [-0.39, 0.29) is 13.2 Å². The van der Waals surface area contributed by atoms with E-state index < -0.39 is 5.41 Å². The van der Waals surface area contributed by atoms with Gasteiger partial charge in [0.1, 0.15) is 0 Å².